The molecular formula is C30H40N2O3. The quantitative estimate of drug-likeness (QED) is 0.554. The van der Waals surface area contributed by atoms with Crippen LogP contribution in [0.1, 0.15) is 80.6 Å². The molecule has 5 nitrogen and oxygen atoms in total. The fraction of sp³-hybridized carbons (Fsp3) is 0.533. The summed E-state index contributed by atoms with van der Waals surface area (Å²) in [6.07, 6.45) is 9.41. The zero-order chi connectivity index (χ0) is 24.5. The summed E-state index contributed by atoms with van der Waals surface area (Å²) in [6.45, 7) is 4.43. The number of carbonyl (C=O) groups excluding carboxylic acids is 2. The molecule has 1 saturated carbocycles. The largest absolute Gasteiger partial charge is 0.487 e. The Morgan fingerprint density at radius 2 is 1.60 bits per heavy atom. The Hall–Kier alpha value is -2.82. The van der Waals surface area contributed by atoms with E-state index >= 15 is 0 Å². The van der Waals surface area contributed by atoms with Crippen molar-refractivity contribution in [1.29, 1.82) is 0 Å². The molecule has 2 amide bonds. The molecular weight excluding hydrogens is 436 g/mol. The lowest BCUT2D eigenvalue weighted by Gasteiger charge is -2.40. The minimum atomic E-state index is -0.0972. The summed E-state index contributed by atoms with van der Waals surface area (Å²) in [5.41, 5.74) is 1.70. The van der Waals surface area contributed by atoms with Crippen LogP contribution < -0.4 is 4.74 Å². The summed E-state index contributed by atoms with van der Waals surface area (Å²) in [7, 11) is 0. The van der Waals surface area contributed by atoms with Crippen LogP contribution >= 0.6 is 0 Å². The van der Waals surface area contributed by atoms with Crippen LogP contribution in [0.5, 0.6) is 5.75 Å². The van der Waals surface area contributed by atoms with Crippen molar-refractivity contribution in [1.82, 2.24) is 9.80 Å². The molecule has 1 aliphatic carbocycles. The van der Waals surface area contributed by atoms with Gasteiger partial charge in [-0.15, -0.1) is 0 Å². The number of para-hydroxylation sites is 1. The molecule has 1 heterocycles. The molecule has 0 unspecified atom stereocenters. The van der Waals surface area contributed by atoms with E-state index in [1.54, 1.807) is 0 Å². The van der Waals surface area contributed by atoms with Gasteiger partial charge in [-0.05, 0) is 56.2 Å². The second-order valence-corrected chi connectivity index (χ2v) is 9.96. The van der Waals surface area contributed by atoms with Crippen LogP contribution in [0.4, 0.5) is 0 Å². The molecule has 0 spiro atoms. The van der Waals surface area contributed by atoms with Crippen LogP contribution in [0.2, 0.25) is 0 Å². The van der Waals surface area contributed by atoms with Crippen molar-refractivity contribution in [3.63, 3.8) is 0 Å². The summed E-state index contributed by atoms with van der Waals surface area (Å²) >= 11 is 0. The van der Waals surface area contributed by atoms with Crippen LogP contribution in [-0.2, 0) is 11.2 Å². The Labute approximate surface area is 210 Å². The first kappa shape index (κ1) is 25.3. The van der Waals surface area contributed by atoms with E-state index in [0.29, 0.717) is 17.7 Å². The second-order valence-electron chi connectivity index (χ2n) is 9.96. The molecule has 2 atom stereocenters. The first-order valence-electron chi connectivity index (χ1n) is 13.6. The molecule has 0 aromatic heterocycles. The zero-order valence-corrected chi connectivity index (χ0v) is 21.2. The summed E-state index contributed by atoms with van der Waals surface area (Å²) < 4.78 is 6.63. The van der Waals surface area contributed by atoms with Crippen LogP contribution in [0, 0.1) is 0 Å². The lowest BCUT2D eigenvalue weighted by atomic mass is 9.90. The number of carbonyl (C=O) groups is 2. The number of rotatable bonds is 4. The van der Waals surface area contributed by atoms with E-state index < -0.39 is 0 Å². The minimum absolute atomic E-state index is 0.0396. The van der Waals surface area contributed by atoms with Gasteiger partial charge in [0, 0.05) is 19.6 Å². The number of amides is 2. The van der Waals surface area contributed by atoms with E-state index in [0.717, 1.165) is 83.0 Å². The van der Waals surface area contributed by atoms with Gasteiger partial charge in [-0.3, -0.25) is 9.59 Å². The van der Waals surface area contributed by atoms with Gasteiger partial charge in [0.05, 0.1) is 18.0 Å². The minimum Gasteiger partial charge on any atom is -0.487 e. The topological polar surface area (TPSA) is 49.9 Å². The number of hydrogen-bond acceptors (Lipinski definition) is 3. The molecule has 2 aromatic rings. The highest BCUT2D eigenvalue weighted by Crippen LogP contribution is 2.31. The predicted molar refractivity (Wildman–Crippen MR) is 140 cm³/mol. The van der Waals surface area contributed by atoms with Crippen molar-refractivity contribution in [2.24, 2.45) is 0 Å². The molecule has 1 aliphatic heterocycles. The fourth-order valence-corrected chi connectivity index (χ4v) is 5.52. The summed E-state index contributed by atoms with van der Waals surface area (Å²) in [5.74, 6) is 0.897. The maximum absolute atomic E-state index is 13.6. The van der Waals surface area contributed by atoms with E-state index in [1.807, 2.05) is 59.5 Å². The van der Waals surface area contributed by atoms with Crippen LogP contribution in [0.15, 0.2) is 54.6 Å². The van der Waals surface area contributed by atoms with Crippen molar-refractivity contribution in [3.8, 4) is 5.75 Å². The molecule has 188 valence electrons. The van der Waals surface area contributed by atoms with Crippen molar-refractivity contribution >= 4 is 11.8 Å². The van der Waals surface area contributed by atoms with Gasteiger partial charge < -0.3 is 14.5 Å². The predicted octanol–water partition coefficient (Wildman–Crippen LogP) is 5.87. The first-order chi connectivity index (χ1) is 17.2. The first-order valence-corrected chi connectivity index (χ1v) is 13.6. The zero-order valence-electron chi connectivity index (χ0n) is 21.2. The van der Waals surface area contributed by atoms with E-state index in [-0.39, 0.29) is 24.0 Å². The monoisotopic (exact) mass is 476 g/mol. The molecule has 1 fully saturated rings. The number of fused-ring (bicyclic) bond motifs is 2. The highest BCUT2D eigenvalue weighted by atomic mass is 16.5. The number of benzene rings is 2. The van der Waals surface area contributed by atoms with Gasteiger partial charge in [-0.25, -0.2) is 0 Å². The van der Waals surface area contributed by atoms with Gasteiger partial charge in [0.25, 0.3) is 5.91 Å². The maximum Gasteiger partial charge on any atom is 0.257 e. The number of hydrogen-bond donors (Lipinski definition) is 0. The Morgan fingerprint density at radius 3 is 2.40 bits per heavy atom. The third-order valence-electron chi connectivity index (χ3n) is 7.34. The Kier molecular flexibility index (Phi) is 9.21. The average molecular weight is 477 g/mol. The van der Waals surface area contributed by atoms with Gasteiger partial charge in [-0.1, -0.05) is 68.7 Å². The Bertz CT molecular complexity index is 961. The molecule has 0 radical (unpaired) electrons. The van der Waals surface area contributed by atoms with E-state index in [9.17, 15) is 9.59 Å². The van der Waals surface area contributed by atoms with E-state index in [4.69, 9.17) is 4.74 Å². The van der Waals surface area contributed by atoms with Gasteiger partial charge in [-0.2, -0.15) is 0 Å². The number of ether oxygens (including phenoxy) is 1. The normalized spacial score (nSPS) is 21.9. The van der Waals surface area contributed by atoms with E-state index in [2.05, 4.69) is 11.8 Å². The van der Waals surface area contributed by atoms with Gasteiger partial charge in [0.15, 0.2) is 0 Å². The summed E-state index contributed by atoms with van der Waals surface area (Å²) in [4.78, 5) is 31.2. The highest BCUT2D eigenvalue weighted by molar-refractivity contribution is 5.97. The van der Waals surface area contributed by atoms with Crippen LogP contribution in [0.3, 0.4) is 0 Å². The molecule has 2 aromatic carbocycles. The summed E-state index contributed by atoms with van der Waals surface area (Å²) in [5, 5.41) is 0. The van der Waals surface area contributed by atoms with Gasteiger partial charge >= 0.3 is 0 Å². The SMILES string of the molecule is CCCN1CCCCCCN(C(=O)Cc2ccccc2)[C@@H]2CCCC[C@@H]2Oc2ccccc2C1=O. The Balaban J connectivity index is 1.62. The third kappa shape index (κ3) is 6.65. The molecule has 0 saturated heterocycles. The highest BCUT2D eigenvalue weighted by Gasteiger charge is 2.35. The average Bonchev–Trinajstić information content (AvgIpc) is 2.88. The number of nitrogens with zero attached hydrogens (tertiary/aromatic N) is 2. The van der Waals surface area contributed by atoms with Crippen molar-refractivity contribution in [2.45, 2.75) is 83.3 Å². The standard InChI is InChI=1S/C30H40N2O3/c1-2-20-31-21-12-3-4-13-22-32(29(33)23-24-14-6-5-7-15-24)26-17-9-11-19-28(26)35-27-18-10-8-16-25(27)30(31)34/h5-8,10,14-16,18,26,28H,2-4,9,11-13,17,19-23H2,1H3/t26-,28+/m1/s1. The van der Waals surface area contributed by atoms with Crippen molar-refractivity contribution in [2.75, 3.05) is 19.6 Å². The smallest absolute Gasteiger partial charge is 0.257 e. The van der Waals surface area contributed by atoms with E-state index in [1.165, 1.54) is 0 Å². The van der Waals surface area contributed by atoms with Crippen LogP contribution in [0.25, 0.3) is 0 Å². The lowest BCUT2D eigenvalue weighted by molar-refractivity contribution is -0.136. The summed E-state index contributed by atoms with van der Waals surface area (Å²) in [6, 6.07) is 17.7. The lowest BCUT2D eigenvalue weighted by Crippen LogP contribution is -2.51. The van der Waals surface area contributed by atoms with Crippen molar-refractivity contribution < 1.29 is 14.3 Å². The molecule has 2 aliphatic rings. The maximum atomic E-state index is 13.6. The third-order valence-corrected chi connectivity index (χ3v) is 7.34. The molecule has 5 heteroatoms. The molecule has 0 bridgehead atoms. The Morgan fingerprint density at radius 1 is 0.886 bits per heavy atom. The molecule has 0 N–H and O–H groups in total. The fourth-order valence-electron chi connectivity index (χ4n) is 5.52. The molecule has 35 heavy (non-hydrogen) atoms. The van der Waals surface area contributed by atoms with Crippen molar-refractivity contribution in [3.05, 3.63) is 65.7 Å². The van der Waals surface area contributed by atoms with Gasteiger partial charge in [0.1, 0.15) is 11.9 Å². The molecule has 4 rings (SSSR count). The second kappa shape index (κ2) is 12.8. The van der Waals surface area contributed by atoms with Crippen LogP contribution in [-0.4, -0.2) is 53.4 Å². The van der Waals surface area contributed by atoms with Gasteiger partial charge in [0.2, 0.25) is 5.91 Å².